The molecule has 0 spiro atoms. The van der Waals surface area contributed by atoms with Gasteiger partial charge in [-0.05, 0) is 74.5 Å². The highest BCUT2D eigenvalue weighted by molar-refractivity contribution is 5.83. The third kappa shape index (κ3) is 4.00. The molecule has 0 radical (unpaired) electrons. The quantitative estimate of drug-likeness (QED) is 0.745. The Hall–Kier alpha value is -1.92. The van der Waals surface area contributed by atoms with Crippen molar-refractivity contribution in [2.75, 3.05) is 26.2 Å². The van der Waals surface area contributed by atoms with Crippen molar-refractivity contribution in [2.45, 2.75) is 62.9 Å². The molecule has 5 nitrogen and oxygen atoms in total. The molecule has 1 heterocycles. The van der Waals surface area contributed by atoms with E-state index in [2.05, 4.69) is 12.1 Å². The highest BCUT2D eigenvalue weighted by Crippen LogP contribution is 2.58. The molecule has 4 aliphatic rings. The molecule has 1 saturated heterocycles. The average Bonchev–Trinajstić information content (AvgIpc) is 2.81. The predicted octanol–water partition coefficient (Wildman–Crippen LogP) is 3.45. The number of ether oxygens (including phenoxy) is 1. The van der Waals surface area contributed by atoms with Gasteiger partial charge in [0.15, 0.2) is 0 Å². The Bertz CT molecular complexity index is 760. The molecule has 3 N–H and O–H groups in total. The molecule has 6 heteroatoms. The fraction of sp³-hybridized carbons (Fsp3) is 0.625. The molecule has 164 valence electrons. The molecule has 1 amide bonds. The van der Waals surface area contributed by atoms with Gasteiger partial charge in [-0.15, -0.1) is 0 Å². The van der Waals surface area contributed by atoms with Gasteiger partial charge in [0.05, 0.1) is 12.4 Å². The van der Waals surface area contributed by atoms with Crippen molar-refractivity contribution < 1.29 is 19.0 Å². The Morgan fingerprint density at radius 1 is 1.13 bits per heavy atom. The lowest BCUT2D eigenvalue weighted by Gasteiger charge is -2.54. The van der Waals surface area contributed by atoms with Crippen LogP contribution >= 0.6 is 0 Å². The lowest BCUT2D eigenvalue weighted by atomic mass is 9.51. The molecule has 3 saturated carbocycles. The highest BCUT2D eigenvalue weighted by Gasteiger charge is 2.54. The van der Waals surface area contributed by atoms with Crippen molar-refractivity contribution in [1.29, 1.82) is 0 Å². The summed E-state index contributed by atoms with van der Waals surface area (Å²) < 4.78 is 18.3. The molecule has 0 aromatic heterocycles. The minimum atomic E-state index is -0.251. The van der Waals surface area contributed by atoms with E-state index in [1.54, 1.807) is 0 Å². The first-order valence-corrected chi connectivity index (χ1v) is 11.2. The molecule has 1 aromatic rings. The number of hydrogen-bond acceptors (Lipinski definition) is 4. The van der Waals surface area contributed by atoms with Gasteiger partial charge in [-0.25, -0.2) is 4.39 Å². The number of halogens is 1. The lowest BCUT2D eigenvalue weighted by Crippen LogP contribution is -2.54. The number of aliphatic hydroxyl groups is 1. The summed E-state index contributed by atoms with van der Waals surface area (Å²) in [5.74, 6) is 1.04. The van der Waals surface area contributed by atoms with Gasteiger partial charge < -0.3 is 20.5 Å². The number of carbonyl (C=O) groups is 1. The Morgan fingerprint density at radius 3 is 2.27 bits per heavy atom. The van der Waals surface area contributed by atoms with Gasteiger partial charge in [-0.1, -0.05) is 12.1 Å². The zero-order chi connectivity index (χ0) is 21.2. The summed E-state index contributed by atoms with van der Waals surface area (Å²) in [5, 5.41) is 9.74. The number of likely N-dealkylation sites (tertiary alicyclic amines) is 1. The molecular formula is C24H33FN2O3. The van der Waals surface area contributed by atoms with Gasteiger partial charge in [0, 0.05) is 30.6 Å². The molecule has 30 heavy (non-hydrogen) atoms. The van der Waals surface area contributed by atoms with E-state index in [1.165, 1.54) is 5.56 Å². The third-order valence-corrected chi connectivity index (χ3v) is 7.76. The van der Waals surface area contributed by atoms with Crippen molar-refractivity contribution in [3.63, 3.8) is 0 Å². The van der Waals surface area contributed by atoms with Crippen LogP contribution in [0.25, 0.3) is 0 Å². The van der Waals surface area contributed by atoms with Crippen LogP contribution in [0, 0.1) is 5.41 Å². The summed E-state index contributed by atoms with van der Waals surface area (Å²) in [6.45, 7) is 1.70. The summed E-state index contributed by atoms with van der Waals surface area (Å²) in [7, 11) is 0. The van der Waals surface area contributed by atoms with Gasteiger partial charge in [-0.3, -0.25) is 4.79 Å². The molecular weight excluding hydrogens is 383 g/mol. The Kier molecular flexibility index (Phi) is 6.16. The maximum atomic E-state index is 13.3. The molecule has 0 unspecified atom stereocenters. The van der Waals surface area contributed by atoms with E-state index < -0.39 is 0 Å². The van der Waals surface area contributed by atoms with Crippen molar-refractivity contribution in [1.82, 2.24) is 4.90 Å². The van der Waals surface area contributed by atoms with Crippen molar-refractivity contribution in [2.24, 2.45) is 11.1 Å². The second-order valence-corrected chi connectivity index (χ2v) is 9.37. The zero-order valence-electron chi connectivity index (χ0n) is 17.6. The minimum Gasteiger partial charge on any atom is -0.489 e. The number of nitrogens with two attached hydrogens (primary N) is 1. The van der Waals surface area contributed by atoms with Crippen LogP contribution in [0.5, 0.6) is 5.75 Å². The summed E-state index contributed by atoms with van der Waals surface area (Å²) in [6.07, 6.45) is 7.63. The Labute approximate surface area is 178 Å². The Balaban J connectivity index is 1.38. The maximum Gasteiger partial charge on any atom is 0.228 e. The highest BCUT2D eigenvalue weighted by atomic mass is 19.1. The van der Waals surface area contributed by atoms with Crippen LogP contribution < -0.4 is 10.5 Å². The number of amides is 1. The van der Waals surface area contributed by atoms with Gasteiger partial charge in [0.1, 0.15) is 12.4 Å². The molecule has 2 bridgehead atoms. The van der Waals surface area contributed by atoms with E-state index >= 15 is 0 Å². The number of aliphatic hydroxyl groups excluding tert-OH is 1. The summed E-state index contributed by atoms with van der Waals surface area (Å²) in [4.78, 5) is 15.3. The van der Waals surface area contributed by atoms with Crippen molar-refractivity contribution in [3.8, 4) is 5.75 Å². The molecule has 4 fully saturated rings. The maximum absolute atomic E-state index is 13.3. The van der Waals surface area contributed by atoms with Crippen LogP contribution in [0.15, 0.2) is 36.2 Å². The number of piperidine rings is 1. The lowest BCUT2D eigenvalue weighted by molar-refractivity contribution is -0.151. The second kappa shape index (κ2) is 8.67. The second-order valence-electron chi connectivity index (χ2n) is 9.37. The molecule has 0 atom stereocenters. The summed E-state index contributed by atoms with van der Waals surface area (Å²) in [6, 6.07) is 8.17. The topological polar surface area (TPSA) is 75.8 Å². The van der Waals surface area contributed by atoms with Crippen molar-refractivity contribution >= 4 is 5.91 Å². The molecule has 1 aliphatic heterocycles. The fourth-order valence-corrected chi connectivity index (χ4v) is 5.56. The minimum absolute atomic E-state index is 0.149. The van der Waals surface area contributed by atoms with E-state index in [4.69, 9.17) is 10.5 Å². The monoisotopic (exact) mass is 416 g/mol. The van der Waals surface area contributed by atoms with Crippen LogP contribution in [0.2, 0.25) is 0 Å². The standard InChI is InChI=1S/C24H33FN2O3/c25-15-18(16-26)17-30-21-3-1-19(2-4-21)23-7-10-24(11-8-23,12-9-23)22(29)27-13-5-20(28)6-14-27/h1-4,15,20,28H,5-14,16-17,26H2. The van der Waals surface area contributed by atoms with E-state index in [0.717, 1.165) is 38.5 Å². The van der Waals surface area contributed by atoms with Gasteiger partial charge in [0.2, 0.25) is 5.91 Å². The zero-order valence-corrected chi connectivity index (χ0v) is 17.6. The number of fused-ring (bicyclic) bond motifs is 3. The van der Waals surface area contributed by atoms with Crippen LogP contribution in [0.1, 0.15) is 56.9 Å². The molecule has 5 rings (SSSR count). The van der Waals surface area contributed by atoms with Crippen LogP contribution in [-0.4, -0.2) is 48.3 Å². The summed E-state index contributed by atoms with van der Waals surface area (Å²) in [5.41, 5.74) is 7.18. The van der Waals surface area contributed by atoms with Crippen molar-refractivity contribution in [3.05, 3.63) is 41.7 Å². The van der Waals surface area contributed by atoms with Crippen LogP contribution in [0.4, 0.5) is 4.39 Å². The first-order valence-electron chi connectivity index (χ1n) is 11.2. The number of hydrogen-bond donors (Lipinski definition) is 2. The number of rotatable bonds is 6. The first kappa shape index (κ1) is 21.3. The number of carbonyl (C=O) groups excluding carboxylic acids is 1. The number of benzene rings is 1. The largest absolute Gasteiger partial charge is 0.489 e. The van der Waals surface area contributed by atoms with Crippen LogP contribution in [0.3, 0.4) is 0 Å². The van der Waals surface area contributed by atoms with E-state index in [9.17, 15) is 14.3 Å². The van der Waals surface area contributed by atoms with Gasteiger partial charge in [0.25, 0.3) is 0 Å². The average molecular weight is 417 g/mol. The van der Waals surface area contributed by atoms with Gasteiger partial charge >= 0.3 is 0 Å². The first-order chi connectivity index (χ1) is 14.5. The van der Waals surface area contributed by atoms with Crippen LogP contribution in [-0.2, 0) is 10.2 Å². The molecule has 1 aromatic carbocycles. The normalized spacial score (nSPS) is 29.8. The third-order valence-electron chi connectivity index (χ3n) is 7.76. The summed E-state index contributed by atoms with van der Waals surface area (Å²) >= 11 is 0. The fourth-order valence-electron chi connectivity index (χ4n) is 5.56. The number of nitrogens with zero attached hydrogens (tertiary/aromatic N) is 1. The Morgan fingerprint density at radius 2 is 1.73 bits per heavy atom. The predicted molar refractivity (Wildman–Crippen MR) is 114 cm³/mol. The van der Waals surface area contributed by atoms with Gasteiger partial charge in [-0.2, -0.15) is 0 Å². The smallest absolute Gasteiger partial charge is 0.228 e. The van der Waals surface area contributed by atoms with E-state index in [0.29, 0.717) is 49.5 Å². The van der Waals surface area contributed by atoms with E-state index in [1.807, 2.05) is 17.0 Å². The SMILES string of the molecule is NCC(=CF)COc1ccc(C23CCC(C(=O)N4CCC(O)CC4)(CC2)CC3)cc1. The van der Waals surface area contributed by atoms with E-state index in [-0.39, 0.29) is 30.1 Å². The molecule has 3 aliphatic carbocycles.